The molecule has 3 aromatic rings. The minimum Gasteiger partial charge on any atom is -0.481 e. The molecule has 0 saturated heterocycles. The number of hydrogen-bond donors (Lipinski definition) is 1. The molecule has 8 heteroatoms. The Morgan fingerprint density at radius 1 is 1.22 bits per heavy atom. The molecule has 37 heavy (non-hydrogen) atoms. The van der Waals surface area contributed by atoms with Crippen molar-refractivity contribution < 1.29 is 23.6 Å². The second kappa shape index (κ2) is 12.4. The van der Waals surface area contributed by atoms with Crippen LogP contribution in [0.5, 0.6) is 0 Å². The molecule has 0 aliphatic heterocycles. The summed E-state index contributed by atoms with van der Waals surface area (Å²) in [6, 6.07) is 12.2. The Morgan fingerprint density at radius 3 is 2.81 bits per heavy atom. The zero-order valence-electron chi connectivity index (χ0n) is 21.0. The largest absolute Gasteiger partial charge is 0.481 e. The van der Waals surface area contributed by atoms with Crippen LogP contribution in [0.1, 0.15) is 31.2 Å². The number of carboxylic acids is 1. The number of aliphatic carboxylic acids is 1. The van der Waals surface area contributed by atoms with E-state index in [9.17, 15) is 9.18 Å². The Hall–Kier alpha value is -3.88. The van der Waals surface area contributed by atoms with Crippen LogP contribution in [0.2, 0.25) is 0 Å². The van der Waals surface area contributed by atoms with Gasteiger partial charge in [0, 0.05) is 36.9 Å². The fourth-order valence-corrected chi connectivity index (χ4v) is 4.24. The van der Waals surface area contributed by atoms with E-state index >= 15 is 0 Å². The molecule has 0 unspecified atom stereocenters. The zero-order chi connectivity index (χ0) is 26.2. The summed E-state index contributed by atoms with van der Waals surface area (Å²) in [6.07, 6.45) is 8.81. The van der Waals surface area contributed by atoms with Crippen LogP contribution in [0.25, 0.3) is 28.2 Å². The number of hydrogen-bond acceptors (Lipinski definition) is 6. The molecule has 0 fully saturated rings. The van der Waals surface area contributed by atoms with Crippen molar-refractivity contribution in [3.8, 4) is 22.6 Å². The van der Waals surface area contributed by atoms with E-state index in [4.69, 9.17) is 14.4 Å². The molecule has 7 nitrogen and oxygen atoms in total. The number of ether oxygens (including phenoxy) is 1. The van der Waals surface area contributed by atoms with E-state index in [0.717, 1.165) is 28.8 Å². The summed E-state index contributed by atoms with van der Waals surface area (Å²) >= 11 is 0. The topological polar surface area (TPSA) is 88.7 Å². The third kappa shape index (κ3) is 6.67. The molecule has 0 bridgehead atoms. The van der Waals surface area contributed by atoms with Gasteiger partial charge >= 0.3 is 5.97 Å². The minimum atomic E-state index is -0.792. The SMILES string of the molecule is CCN(CCC(=O)O)CC1=CC=CC(c2noc(-c3ccc(-c4ccccc4F)c(COC)c3)n2)=CC1. The lowest BCUT2D eigenvalue weighted by molar-refractivity contribution is -0.137. The number of rotatable bonds is 11. The second-order valence-corrected chi connectivity index (χ2v) is 8.77. The molecule has 0 radical (unpaired) electrons. The van der Waals surface area contributed by atoms with Crippen molar-refractivity contribution in [2.45, 2.75) is 26.4 Å². The van der Waals surface area contributed by atoms with Gasteiger partial charge in [0.15, 0.2) is 0 Å². The van der Waals surface area contributed by atoms with Gasteiger partial charge in [-0.25, -0.2) is 4.39 Å². The molecule has 192 valence electrons. The molecule has 0 spiro atoms. The molecular weight excluding hydrogens is 473 g/mol. The second-order valence-electron chi connectivity index (χ2n) is 8.77. The first-order valence-corrected chi connectivity index (χ1v) is 12.2. The van der Waals surface area contributed by atoms with Gasteiger partial charge in [-0.05, 0) is 42.3 Å². The maximum atomic E-state index is 14.4. The number of likely N-dealkylation sites (N-methyl/N-ethyl adjacent to an activating group) is 1. The monoisotopic (exact) mass is 503 g/mol. The van der Waals surface area contributed by atoms with Gasteiger partial charge in [0.1, 0.15) is 5.82 Å². The quantitative estimate of drug-likeness (QED) is 0.356. The fourth-order valence-electron chi connectivity index (χ4n) is 4.24. The van der Waals surface area contributed by atoms with Gasteiger partial charge in [-0.2, -0.15) is 4.98 Å². The summed E-state index contributed by atoms with van der Waals surface area (Å²) in [7, 11) is 1.60. The van der Waals surface area contributed by atoms with E-state index in [0.29, 0.717) is 43.4 Å². The lowest BCUT2D eigenvalue weighted by atomic mass is 9.97. The third-order valence-corrected chi connectivity index (χ3v) is 6.21. The Labute approximate surface area is 215 Å². The van der Waals surface area contributed by atoms with Crippen molar-refractivity contribution in [3.05, 3.63) is 89.5 Å². The first kappa shape index (κ1) is 26.2. The number of halogens is 1. The number of carboxylic acid groups (broad SMARTS) is 1. The number of nitrogens with zero attached hydrogens (tertiary/aromatic N) is 3. The lowest BCUT2D eigenvalue weighted by Crippen LogP contribution is -2.28. The molecule has 1 aliphatic carbocycles. The van der Waals surface area contributed by atoms with Crippen molar-refractivity contribution in [2.75, 3.05) is 26.7 Å². The van der Waals surface area contributed by atoms with Gasteiger partial charge in [0.25, 0.3) is 5.89 Å². The molecule has 2 aromatic carbocycles. The molecule has 4 rings (SSSR count). The minimum absolute atomic E-state index is 0.122. The summed E-state index contributed by atoms with van der Waals surface area (Å²) in [5.41, 5.74) is 4.82. The molecule has 0 amide bonds. The van der Waals surface area contributed by atoms with Crippen molar-refractivity contribution >= 4 is 11.5 Å². The Kier molecular flexibility index (Phi) is 8.77. The highest BCUT2D eigenvalue weighted by Crippen LogP contribution is 2.31. The van der Waals surface area contributed by atoms with Crippen LogP contribution < -0.4 is 0 Å². The standard InChI is InChI=1S/C29H30FN3O4/c1-3-33(16-15-27(34)35)18-20-7-6-8-21(12-11-20)28-31-29(37-32-28)22-13-14-24(23(17-22)19-36-2)25-9-4-5-10-26(25)30/h4-10,12-14,17H,3,11,15-16,18-19H2,1-2H3,(H,34,35). The van der Waals surface area contributed by atoms with E-state index in [1.165, 1.54) is 11.6 Å². The van der Waals surface area contributed by atoms with Crippen LogP contribution >= 0.6 is 0 Å². The van der Waals surface area contributed by atoms with Gasteiger partial charge in [0.2, 0.25) is 5.82 Å². The van der Waals surface area contributed by atoms with Crippen molar-refractivity contribution in [1.82, 2.24) is 15.0 Å². The van der Waals surface area contributed by atoms with Gasteiger partial charge in [0.05, 0.1) is 13.0 Å². The normalized spacial score (nSPS) is 13.4. The predicted octanol–water partition coefficient (Wildman–Crippen LogP) is 5.76. The van der Waals surface area contributed by atoms with E-state index < -0.39 is 5.97 Å². The molecule has 1 aliphatic rings. The smallest absolute Gasteiger partial charge is 0.304 e. The third-order valence-electron chi connectivity index (χ3n) is 6.21. The predicted molar refractivity (Wildman–Crippen MR) is 140 cm³/mol. The number of benzene rings is 2. The highest BCUT2D eigenvalue weighted by molar-refractivity contribution is 5.74. The number of aromatic nitrogens is 2. The highest BCUT2D eigenvalue weighted by Gasteiger charge is 2.16. The number of carbonyl (C=O) groups is 1. The summed E-state index contributed by atoms with van der Waals surface area (Å²) in [5.74, 6) is -0.244. The fraction of sp³-hybridized carbons (Fsp3) is 0.276. The molecule has 0 atom stereocenters. The molecule has 1 aromatic heterocycles. The van der Waals surface area contributed by atoms with Crippen molar-refractivity contribution in [2.24, 2.45) is 0 Å². The number of allylic oxidation sites excluding steroid dienone is 5. The van der Waals surface area contributed by atoms with E-state index in [1.54, 1.807) is 25.3 Å². The van der Waals surface area contributed by atoms with Crippen LogP contribution in [0.4, 0.5) is 4.39 Å². The molecular formula is C29H30FN3O4. The van der Waals surface area contributed by atoms with E-state index in [2.05, 4.69) is 15.0 Å². The highest BCUT2D eigenvalue weighted by atomic mass is 19.1. The first-order valence-electron chi connectivity index (χ1n) is 12.2. The summed E-state index contributed by atoms with van der Waals surface area (Å²) in [6.45, 7) is 4.32. The molecule has 1 N–H and O–H groups in total. The Bertz CT molecular complexity index is 1340. The Morgan fingerprint density at radius 2 is 2.05 bits per heavy atom. The van der Waals surface area contributed by atoms with Crippen LogP contribution in [0.3, 0.4) is 0 Å². The number of methoxy groups -OCH3 is 1. The molecule has 1 heterocycles. The van der Waals surface area contributed by atoms with Crippen LogP contribution in [0, 0.1) is 5.82 Å². The van der Waals surface area contributed by atoms with Crippen LogP contribution in [-0.2, 0) is 16.1 Å². The van der Waals surface area contributed by atoms with Crippen molar-refractivity contribution in [1.29, 1.82) is 0 Å². The van der Waals surface area contributed by atoms with Gasteiger partial charge in [-0.1, -0.05) is 66.2 Å². The van der Waals surface area contributed by atoms with Crippen LogP contribution in [0.15, 0.2) is 76.9 Å². The summed E-state index contributed by atoms with van der Waals surface area (Å²) < 4.78 is 25.4. The Balaban J connectivity index is 1.51. The maximum absolute atomic E-state index is 14.4. The van der Waals surface area contributed by atoms with Gasteiger partial charge in [-0.3, -0.25) is 9.69 Å². The van der Waals surface area contributed by atoms with E-state index in [1.807, 2.05) is 49.4 Å². The zero-order valence-corrected chi connectivity index (χ0v) is 21.0. The lowest BCUT2D eigenvalue weighted by Gasteiger charge is -2.20. The van der Waals surface area contributed by atoms with E-state index in [-0.39, 0.29) is 12.2 Å². The van der Waals surface area contributed by atoms with Crippen molar-refractivity contribution in [3.63, 3.8) is 0 Å². The maximum Gasteiger partial charge on any atom is 0.304 e. The van der Waals surface area contributed by atoms with Gasteiger partial charge < -0.3 is 14.4 Å². The summed E-state index contributed by atoms with van der Waals surface area (Å²) in [4.78, 5) is 17.6. The average Bonchev–Trinajstić information content (AvgIpc) is 3.27. The average molecular weight is 504 g/mol. The summed E-state index contributed by atoms with van der Waals surface area (Å²) in [5, 5.41) is 13.2. The van der Waals surface area contributed by atoms with Gasteiger partial charge in [-0.15, -0.1) is 0 Å². The molecule has 0 saturated carbocycles. The first-order chi connectivity index (χ1) is 18.0. The van der Waals surface area contributed by atoms with Crippen LogP contribution in [-0.4, -0.2) is 52.9 Å².